The Labute approximate surface area is 157 Å². The Balaban J connectivity index is 1.79. The zero-order valence-corrected chi connectivity index (χ0v) is 16.3. The summed E-state index contributed by atoms with van der Waals surface area (Å²) in [5.74, 6) is -0.668. The lowest BCUT2D eigenvalue weighted by atomic mass is 9.96. The van der Waals surface area contributed by atoms with Crippen LogP contribution in [0.15, 0.2) is 21.7 Å². The second kappa shape index (κ2) is 8.03. The van der Waals surface area contributed by atoms with Crippen molar-refractivity contribution in [3.8, 4) is 0 Å². The maximum Gasteiger partial charge on any atom is 0.326 e. The van der Waals surface area contributed by atoms with Crippen molar-refractivity contribution in [1.29, 1.82) is 0 Å². The van der Waals surface area contributed by atoms with E-state index in [1.807, 2.05) is 0 Å². The Kier molecular flexibility index (Phi) is 5.96. The molecule has 3 rings (SSSR count). The number of thiophene rings is 1. The van der Waals surface area contributed by atoms with Gasteiger partial charge in [0.05, 0.1) is 20.2 Å². The minimum Gasteiger partial charge on any atom is -0.468 e. The number of carbonyl (C=O) groups excluding carboxylic acids is 2. The van der Waals surface area contributed by atoms with E-state index >= 15 is 0 Å². The number of hydrogen-bond acceptors (Lipinski definition) is 6. The summed E-state index contributed by atoms with van der Waals surface area (Å²) in [4.78, 5) is 26.7. The van der Waals surface area contributed by atoms with E-state index in [-0.39, 0.29) is 35.7 Å². The molecule has 3 heterocycles. The molecule has 144 valence electrons. The molecule has 1 aromatic heterocycles. The summed E-state index contributed by atoms with van der Waals surface area (Å²) < 4.78 is 31.9. The van der Waals surface area contributed by atoms with Crippen LogP contribution in [0.5, 0.6) is 0 Å². The monoisotopic (exact) mass is 402 g/mol. The van der Waals surface area contributed by atoms with Crippen LogP contribution in [-0.4, -0.2) is 75.4 Å². The number of ether oxygens (including phenoxy) is 1. The van der Waals surface area contributed by atoms with Gasteiger partial charge in [-0.25, -0.2) is 8.42 Å². The lowest BCUT2D eigenvalue weighted by Gasteiger charge is -2.40. The van der Waals surface area contributed by atoms with Crippen molar-refractivity contribution in [2.45, 2.75) is 23.1 Å². The first kappa shape index (κ1) is 19.3. The van der Waals surface area contributed by atoms with Gasteiger partial charge in [-0.3, -0.25) is 9.59 Å². The molecular formula is C16H24N3O5S2+. The average molecular weight is 403 g/mol. The summed E-state index contributed by atoms with van der Waals surface area (Å²) in [5.41, 5.74) is 0. The highest BCUT2D eigenvalue weighted by atomic mass is 32.2. The van der Waals surface area contributed by atoms with E-state index in [1.165, 1.54) is 17.5 Å². The van der Waals surface area contributed by atoms with E-state index in [0.29, 0.717) is 0 Å². The molecule has 0 bridgehead atoms. The number of nitrogens with zero attached hydrogens (tertiary/aromatic N) is 2. The predicted molar refractivity (Wildman–Crippen MR) is 95.0 cm³/mol. The molecule has 2 N–H and O–H groups in total. The zero-order chi connectivity index (χ0) is 18.7. The van der Waals surface area contributed by atoms with Gasteiger partial charge in [0.25, 0.3) is 10.0 Å². The SMILES string of the molecule is COC(=O)[C@@H]1CN(C(=O)C2CC[NH2+]CC2)CCN1S(=O)(=O)c1cccs1. The Morgan fingerprint density at radius 2 is 2.00 bits per heavy atom. The standard InChI is InChI=1S/C16H23N3O5S2/c1-24-16(21)13-11-18(15(20)12-4-6-17-7-5-12)8-9-19(13)26(22,23)14-3-2-10-25-14/h2-3,10,12-13,17H,4-9,11H2,1H3/p+1/t13-/m0/s1. The average Bonchev–Trinajstić information content (AvgIpc) is 3.22. The van der Waals surface area contributed by atoms with Crippen LogP contribution < -0.4 is 5.32 Å². The van der Waals surface area contributed by atoms with Crippen molar-refractivity contribution in [2.75, 3.05) is 39.8 Å². The van der Waals surface area contributed by atoms with Crippen molar-refractivity contribution < 1.29 is 28.1 Å². The molecule has 1 amide bonds. The summed E-state index contributed by atoms with van der Waals surface area (Å²) in [6.45, 7) is 2.26. The highest BCUT2D eigenvalue weighted by Gasteiger charge is 2.43. The van der Waals surface area contributed by atoms with Crippen LogP contribution in [0.25, 0.3) is 0 Å². The van der Waals surface area contributed by atoms with E-state index in [4.69, 9.17) is 4.74 Å². The first-order chi connectivity index (χ1) is 12.4. The molecule has 2 aliphatic rings. The van der Waals surface area contributed by atoms with E-state index in [1.54, 1.807) is 16.3 Å². The highest BCUT2D eigenvalue weighted by Crippen LogP contribution is 2.26. The number of piperazine rings is 1. The zero-order valence-electron chi connectivity index (χ0n) is 14.7. The lowest BCUT2D eigenvalue weighted by molar-refractivity contribution is -0.664. The number of amides is 1. The minimum absolute atomic E-state index is 0.0141. The van der Waals surface area contributed by atoms with Gasteiger partial charge in [-0.15, -0.1) is 11.3 Å². The molecule has 0 unspecified atom stereocenters. The molecule has 8 nitrogen and oxygen atoms in total. The Hall–Kier alpha value is -1.49. The number of sulfonamides is 1. The third-order valence-electron chi connectivity index (χ3n) is 4.96. The van der Waals surface area contributed by atoms with E-state index < -0.39 is 22.0 Å². The fourth-order valence-electron chi connectivity index (χ4n) is 3.54. The van der Waals surface area contributed by atoms with Crippen LogP contribution in [0.2, 0.25) is 0 Å². The van der Waals surface area contributed by atoms with Crippen LogP contribution >= 0.6 is 11.3 Å². The topological polar surface area (TPSA) is 101 Å². The maximum atomic E-state index is 12.9. The summed E-state index contributed by atoms with van der Waals surface area (Å²) in [5, 5.41) is 3.87. The highest BCUT2D eigenvalue weighted by molar-refractivity contribution is 7.91. The second-order valence-electron chi connectivity index (χ2n) is 6.51. The molecule has 0 aromatic carbocycles. The Morgan fingerprint density at radius 1 is 1.27 bits per heavy atom. The largest absolute Gasteiger partial charge is 0.468 e. The summed E-state index contributed by atoms with van der Waals surface area (Å²) in [6.07, 6.45) is 1.63. The smallest absolute Gasteiger partial charge is 0.326 e. The molecule has 2 saturated heterocycles. The molecule has 0 aliphatic carbocycles. The number of quaternary nitrogens is 1. The normalized spacial score (nSPS) is 23.0. The van der Waals surface area contributed by atoms with Crippen LogP contribution in [0.4, 0.5) is 0 Å². The van der Waals surface area contributed by atoms with Gasteiger partial charge in [-0.2, -0.15) is 4.31 Å². The number of rotatable bonds is 4. The van der Waals surface area contributed by atoms with Gasteiger partial charge in [0, 0.05) is 38.4 Å². The summed E-state index contributed by atoms with van der Waals surface area (Å²) in [6, 6.07) is 2.16. The van der Waals surface area contributed by atoms with Gasteiger partial charge in [0.1, 0.15) is 10.3 Å². The number of hydrogen-bond donors (Lipinski definition) is 1. The molecule has 2 fully saturated rings. The van der Waals surface area contributed by atoms with Gasteiger partial charge < -0.3 is 15.0 Å². The van der Waals surface area contributed by atoms with Gasteiger partial charge in [-0.05, 0) is 11.4 Å². The van der Waals surface area contributed by atoms with E-state index in [2.05, 4.69) is 5.32 Å². The second-order valence-corrected chi connectivity index (χ2v) is 9.58. The third-order valence-corrected chi connectivity index (χ3v) is 8.24. The molecule has 0 spiro atoms. The van der Waals surface area contributed by atoms with E-state index in [0.717, 1.165) is 37.3 Å². The van der Waals surface area contributed by atoms with Crippen molar-refractivity contribution in [1.82, 2.24) is 9.21 Å². The first-order valence-corrected chi connectivity index (χ1v) is 11.0. The molecule has 0 saturated carbocycles. The Morgan fingerprint density at radius 3 is 2.62 bits per heavy atom. The molecule has 1 aromatic rings. The third kappa shape index (κ3) is 3.78. The van der Waals surface area contributed by atoms with Crippen molar-refractivity contribution in [3.63, 3.8) is 0 Å². The van der Waals surface area contributed by atoms with E-state index in [9.17, 15) is 18.0 Å². The summed E-state index contributed by atoms with van der Waals surface area (Å²) in [7, 11) is -2.56. The minimum atomic E-state index is -3.79. The van der Waals surface area contributed by atoms with Gasteiger partial charge in [0.2, 0.25) is 5.91 Å². The van der Waals surface area contributed by atoms with Crippen molar-refractivity contribution >= 4 is 33.2 Å². The summed E-state index contributed by atoms with van der Waals surface area (Å²) >= 11 is 1.11. The predicted octanol–water partition coefficient (Wildman–Crippen LogP) is -0.904. The molecule has 2 aliphatic heterocycles. The molecule has 10 heteroatoms. The van der Waals surface area contributed by atoms with Crippen LogP contribution in [-0.2, 0) is 24.3 Å². The maximum absolute atomic E-state index is 12.9. The van der Waals surface area contributed by atoms with Gasteiger partial charge >= 0.3 is 5.97 Å². The lowest BCUT2D eigenvalue weighted by Crippen LogP contribution is -2.86. The number of nitrogens with two attached hydrogens (primary N) is 1. The van der Waals surface area contributed by atoms with Crippen molar-refractivity contribution in [2.24, 2.45) is 5.92 Å². The number of methoxy groups -OCH3 is 1. The van der Waals surface area contributed by atoms with Crippen LogP contribution in [0, 0.1) is 5.92 Å². The number of esters is 1. The Bertz CT molecular complexity index is 744. The van der Waals surface area contributed by atoms with Crippen LogP contribution in [0.3, 0.4) is 0 Å². The molecule has 1 atom stereocenters. The molecule has 0 radical (unpaired) electrons. The van der Waals surface area contributed by atoms with Crippen molar-refractivity contribution in [3.05, 3.63) is 17.5 Å². The van der Waals surface area contributed by atoms with Gasteiger partial charge in [0.15, 0.2) is 0 Å². The van der Waals surface area contributed by atoms with Gasteiger partial charge in [-0.1, -0.05) is 6.07 Å². The quantitative estimate of drug-likeness (QED) is 0.658. The fourth-order valence-corrected chi connectivity index (χ4v) is 6.22. The number of carbonyl (C=O) groups is 2. The first-order valence-electron chi connectivity index (χ1n) is 8.68. The molecular weight excluding hydrogens is 378 g/mol. The molecule has 26 heavy (non-hydrogen) atoms. The fraction of sp³-hybridized carbons (Fsp3) is 0.625. The van der Waals surface area contributed by atoms with Crippen LogP contribution in [0.1, 0.15) is 12.8 Å². The number of piperidine rings is 1.